The summed E-state index contributed by atoms with van der Waals surface area (Å²) in [5, 5.41) is 4.17. The van der Waals surface area contributed by atoms with Crippen LogP contribution in [0.3, 0.4) is 0 Å². The fourth-order valence-corrected chi connectivity index (χ4v) is 3.07. The molecule has 2 heterocycles. The van der Waals surface area contributed by atoms with Crippen molar-refractivity contribution in [3.63, 3.8) is 0 Å². The number of aromatic nitrogens is 2. The zero-order chi connectivity index (χ0) is 16.2. The first kappa shape index (κ1) is 16.4. The summed E-state index contributed by atoms with van der Waals surface area (Å²) in [7, 11) is 0. The van der Waals surface area contributed by atoms with Crippen molar-refractivity contribution in [3.8, 4) is 11.3 Å². The van der Waals surface area contributed by atoms with Gasteiger partial charge in [-0.25, -0.2) is 9.97 Å². The van der Waals surface area contributed by atoms with Gasteiger partial charge in [0, 0.05) is 17.5 Å². The van der Waals surface area contributed by atoms with Gasteiger partial charge in [-0.2, -0.15) is 0 Å². The maximum atomic E-state index is 11.0. The molecule has 7 heteroatoms. The van der Waals surface area contributed by atoms with E-state index in [1.54, 1.807) is 6.26 Å². The van der Waals surface area contributed by atoms with Crippen LogP contribution in [0.2, 0.25) is 0 Å². The Morgan fingerprint density at radius 1 is 1.26 bits per heavy atom. The van der Waals surface area contributed by atoms with Gasteiger partial charge in [-0.05, 0) is 46.3 Å². The first-order valence-corrected chi connectivity index (χ1v) is 9.65. The third kappa shape index (κ3) is 4.11. The molecule has 1 aromatic carbocycles. The molecule has 0 saturated carbocycles. The van der Waals surface area contributed by atoms with Crippen LogP contribution in [0.15, 0.2) is 45.7 Å². The first-order chi connectivity index (χ1) is 11.1. The third-order valence-electron chi connectivity index (χ3n) is 3.40. The predicted molar refractivity (Wildman–Crippen MR) is 95.6 cm³/mol. The molecule has 0 fully saturated rings. The molecule has 0 aliphatic carbocycles. The van der Waals surface area contributed by atoms with Gasteiger partial charge in [-0.1, -0.05) is 11.2 Å². The Morgan fingerprint density at radius 2 is 2.13 bits per heavy atom. The molecule has 5 nitrogen and oxygen atoms in total. The van der Waals surface area contributed by atoms with E-state index in [0.29, 0.717) is 18.8 Å². The molecule has 1 unspecified atom stereocenters. The van der Waals surface area contributed by atoms with Gasteiger partial charge in [-0.15, -0.1) is 0 Å². The van der Waals surface area contributed by atoms with Crippen LogP contribution < -0.4 is 5.32 Å². The average molecular weight is 394 g/mol. The number of fused-ring (bicyclic) bond motifs is 1. The normalized spacial score (nSPS) is 12.7. The Hall–Kier alpha value is -1.41. The number of nitrogens with one attached hydrogen (secondary N) is 1. The highest BCUT2D eigenvalue weighted by Gasteiger charge is 2.08. The van der Waals surface area contributed by atoms with E-state index in [9.17, 15) is 4.55 Å². The molecule has 0 aliphatic heterocycles. The summed E-state index contributed by atoms with van der Waals surface area (Å²) >= 11 is 2.67. The van der Waals surface area contributed by atoms with Crippen molar-refractivity contribution < 1.29 is 8.97 Å². The minimum atomic E-state index is -0.773. The molecule has 23 heavy (non-hydrogen) atoms. The van der Waals surface area contributed by atoms with Crippen molar-refractivity contribution in [2.24, 2.45) is 0 Å². The van der Waals surface area contributed by atoms with Crippen LogP contribution in [0.1, 0.15) is 5.76 Å². The highest BCUT2D eigenvalue weighted by Crippen LogP contribution is 2.28. The lowest BCUT2D eigenvalue weighted by molar-refractivity contribution is 0.498. The second-order valence-electron chi connectivity index (χ2n) is 5.12. The molecule has 0 aliphatic rings. The molecular formula is C16H16BrN3O2S. The maximum absolute atomic E-state index is 11.0. The molecule has 2 aromatic heterocycles. The van der Waals surface area contributed by atoms with Crippen molar-refractivity contribution in [1.82, 2.24) is 15.3 Å². The second-order valence-corrected chi connectivity index (χ2v) is 7.42. The average Bonchev–Trinajstić information content (AvgIpc) is 3.00. The van der Waals surface area contributed by atoms with E-state index in [-0.39, 0.29) is 0 Å². The van der Waals surface area contributed by atoms with Crippen LogP contribution in [-0.4, -0.2) is 33.1 Å². The van der Waals surface area contributed by atoms with E-state index in [0.717, 1.165) is 32.6 Å². The second kappa shape index (κ2) is 7.44. The van der Waals surface area contributed by atoms with Crippen LogP contribution in [0.25, 0.3) is 22.2 Å². The smallest absolute Gasteiger partial charge is 0.134 e. The van der Waals surface area contributed by atoms with Crippen LogP contribution in [-0.2, 0) is 17.7 Å². The predicted octanol–water partition coefficient (Wildman–Crippen LogP) is 3.12. The minimum Gasteiger partial charge on any atom is -0.617 e. The Bertz CT molecular complexity index is 807. The summed E-state index contributed by atoms with van der Waals surface area (Å²) < 4.78 is 17.7. The molecule has 0 bridgehead atoms. The van der Waals surface area contributed by atoms with Gasteiger partial charge >= 0.3 is 0 Å². The molecule has 1 atom stereocenters. The quantitative estimate of drug-likeness (QED) is 0.395. The lowest BCUT2D eigenvalue weighted by atomic mass is 10.1. The summed E-state index contributed by atoms with van der Waals surface area (Å²) in [5.74, 6) is 2.30. The number of benzene rings is 1. The molecule has 3 aromatic rings. The summed E-state index contributed by atoms with van der Waals surface area (Å²) in [6.07, 6.45) is 3.24. The number of hydrogen-bond donors (Lipinski definition) is 1. The molecule has 0 spiro atoms. The van der Waals surface area contributed by atoms with E-state index >= 15 is 0 Å². The Morgan fingerprint density at radius 3 is 2.96 bits per heavy atom. The first-order valence-electron chi connectivity index (χ1n) is 7.13. The van der Waals surface area contributed by atoms with Gasteiger partial charge in [0.15, 0.2) is 0 Å². The zero-order valence-corrected chi connectivity index (χ0v) is 15.0. The van der Waals surface area contributed by atoms with E-state index in [2.05, 4.69) is 31.2 Å². The Balaban J connectivity index is 1.74. The lowest BCUT2D eigenvalue weighted by Crippen LogP contribution is -2.21. The SMILES string of the molecule is C[S+]([O-])CCNCc1ccc(-c2ccc3ncnc(Br)c3c2)o1. The summed E-state index contributed by atoms with van der Waals surface area (Å²) in [6.45, 7) is 1.33. The highest BCUT2D eigenvalue weighted by atomic mass is 79.9. The number of nitrogens with zero attached hydrogens (tertiary/aromatic N) is 2. The van der Waals surface area contributed by atoms with Crippen LogP contribution in [0.5, 0.6) is 0 Å². The minimum absolute atomic E-state index is 0.623. The van der Waals surface area contributed by atoms with Gasteiger partial charge in [0.25, 0.3) is 0 Å². The van der Waals surface area contributed by atoms with Crippen molar-refractivity contribution >= 4 is 38.0 Å². The van der Waals surface area contributed by atoms with Gasteiger partial charge in [0.2, 0.25) is 0 Å². The van der Waals surface area contributed by atoms with Crippen LogP contribution in [0, 0.1) is 0 Å². The maximum Gasteiger partial charge on any atom is 0.134 e. The van der Waals surface area contributed by atoms with Crippen molar-refractivity contribution in [3.05, 3.63) is 47.0 Å². The topological polar surface area (TPSA) is 74.0 Å². The number of rotatable bonds is 6. The Kier molecular flexibility index (Phi) is 5.32. The van der Waals surface area contributed by atoms with Crippen LogP contribution in [0.4, 0.5) is 0 Å². The largest absolute Gasteiger partial charge is 0.617 e. The van der Waals surface area contributed by atoms with E-state index < -0.39 is 11.2 Å². The summed E-state index contributed by atoms with van der Waals surface area (Å²) in [5.41, 5.74) is 1.87. The number of halogens is 1. The van der Waals surface area contributed by atoms with Gasteiger partial charge in [0.05, 0.1) is 18.3 Å². The Labute approximate surface area is 145 Å². The van der Waals surface area contributed by atoms with Gasteiger partial charge in [-0.3, -0.25) is 0 Å². The molecule has 0 amide bonds. The molecule has 1 N–H and O–H groups in total. The third-order valence-corrected chi connectivity index (χ3v) is 4.81. The van der Waals surface area contributed by atoms with Crippen molar-refractivity contribution in [2.45, 2.75) is 6.54 Å². The highest BCUT2D eigenvalue weighted by molar-refractivity contribution is 9.10. The molecule has 0 saturated heterocycles. The van der Waals surface area contributed by atoms with Gasteiger partial charge < -0.3 is 14.3 Å². The standard InChI is InChI=1S/C16H16BrN3O2S/c1-23(21)7-6-18-9-12-3-5-15(22-12)11-2-4-14-13(8-11)16(17)20-10-19-14/h2-5,8,10,18H,6-7,9H2,1H3. The summed E-state index contributed by atoms with van der Waals surface area (Å²) in [4.78, 5) is 8.39. The number of hydrogen-bond acceptors (Lipinski definition) is 5. The van der Waals surface area contributed by atoms with E-state index in [4.69, 9.17) is 4.42 Å². The van der Waals surface area contributed by atoms with Crippen LogP contribution >= 0.6 is 15.9 Å². The molecule has 3 rings (SSSR count). The fraction of sp³-hybridized carbons (Fsp3) is 0.250. The number of furan rings is 1. The molecule has 0 radical (unpaired) electrons. The van der Waals surface area contributed by atoms with Crippen molar-refractivity contribution in [2.75, 3.05) is 18.6 Å². The molecular weight excluding hydrogens is 378 g/mol. The molecule has 120 valence electrons. The van der Waals surface area contributed by atoms with E-state index in [1.807, 2.05) is 30.3 Å². The van der Waals surface area contributed by atoms with E-state index in [1.165, 1.54) is 6.33 Å². The van der Waals surface area contributed by atoms with Crippen molar-refractivity contribution in [1.29, 1.82) is 0 Å². The monoisotopic (exact) mass is 393 g/mol. The fourth-order valence-electron chi connectivity index (χ4n) is 2.23. The zero-order valence-electron chi connectivity index (χ0n) is 12.6. The summed E-state index contributed by atoms with van der Waals surface area (Å²) in [6, 6.07) is 9.85. The lowest BCUT2D eigenvalue weighted by Gasteiger charge is -2.05. The van der Waals surface area contributed by atoms with Gasteiger partial charge in [0.1, 0.15) is 28.2 Å².